The van der Waals surface area contributed by atoms with Gasteiger partial charge in [0.1, 0.15) is 0 Å². The molecule has 194 valence electrons. The molecule has 1 atom stereocenters. The van der Waals surface area contributed by atoms with Gasteiger partial charge < -0.3 is 15.1 Å². The summed E-state index contributed by atoms with van der Waals surface area (Å²) in [5.74, 6) is 0.217. The maximum atomic E-state index is 12.9. The number of aryl methyl sites for hydroxylation is 1. The van der Waals surface area contributed by atoms with Crippen molar-refractivity contribution < 1.29 is 9.59 Å². The van der Waals surface area contributed by atoms with E-state index in [1.165, 1.54) is 28.2 Å². The maximum Gasteiger partial charge on any atom is 0.228 e. The number of piperidine rings is 1. The van der Waals surface area contributed by atoms with Crippen molar-refractivity contribution in [3.63, 3.8) is 0 Å². The highest BCUT2D eigenvalue weighted by Gasteiger charge is 2.30. The van der Waals surface area contributed by atoms with Crippen LogP contribution in [-0.2, 0) is 9.59 Å². The van der Waals surface area contributed by atoms with Crippen molar-refractivity contribution in [1.82, 2.24) is 20.4 Å². The van der Waals surface area contributed by atoms with Gasteiger partial charge in [0.25, 0.3) is 0 Å². The third-order valence-electron chi connectivity index (χ3n) is 7.79. The second-order valence-electron chi connectivity index (χ2n) is 10.1. The molecule has 0 bridgehead atoms. The number of benzene rings is 1. The molecular formula is C26H37N7O2S. The number of amides is 2. The van der Waals surface area contributed by atoms with Gasteiger partial charge in [-0.3, -0.25) is 19.4 Å². The minimum atomic E-state index is -0.0411. The minimum absolute atomic E-state index is 0.0411. The van der Waals surface area contributed by atoms with E-state index >= 15 is 0 Å². The summed E-state index contributed by atoms with van der Waals surface area (Å²) in [6.07, 6.45) is 3.31. The number of rotatable bonds is 7. The fourth-order valence-corrected chi connectivity index (χ4v) is 6.36. The molecule has 0 unspecified atom stereocenters. The molecule has 0 radical (unpaired) electrons. The molecule has 1 aromatic carbocycles. The van der Waals surface area contributed by atoms with Crippen LogP contribution < -0.4 is 20.0 Å². The van der Waals surface area contributed by atoms with Crippen LogP contribution in [0, 0.1) is 19.8 Å². The van der Waals surface area contributed by atoms with E-state index < -0.39 is 0 Å². The van der Waals surface area contributed by atoms with Crippen LogP contribution in [0.2, 0.25) is 0 Å². The van der Waals surface area contributed by atoms with Crippen molar-refractivity contribution in [2.45, 2.75) is 39.5 Å². The van der Waals surface area contributed by atoms with Crippen molar-refractivity contribution in [3.8, 4) is 0 Å². The van der Waals surface area contributed by atoms with Gasteiger partial charge in [0, 0.05) is 71.0 Å². The average molecular weight is 512 g/mol. The maximum absolute atomic E-state index is 12.9. The number of anilines is 3. The molecule has 0 aliphatic carbocycles. The van der Waals surface area contributed by atoms with E-state index in [1.807, 2.05) is 0 Å². The SMILES string of the molecule is Cc1cccc(N2CCN(CCNC(=O)[C@H]3CCCN(c4nnc(N5CCCC5=O)s4)C3)CC2)c1C. The molecule has 4 heterocycles. The fraction of sp³-hybridized carbons (Fsp3) is 0.615. The molecular weight excluding hydrogens is 474 g/mol. The number of piperazine rings is 1. The molecule has 3 saturated heterocycles. The van der Waals surface area contributed by atoms with Gasteiger partial charge in [0.2, 0.25) is 22.1 Å². The van der Waals surface area contributed by atoms with Gasteiger partial charge in [-0.1, -0.05) is 23.5 Å². The monoisotopic (exact) mass is 511 g/mol. The number of nitrogens with zero attached hydrogens (tertiary/aromatic N) is 6. The van der Waals surface area contributed by atoms with Crippen LogP contribution in [0.1, 0.15) is 36.8 Å². The second kappa shape index (κ2) is 11.1. The molecule has 36 heavy (non-hydrogen) atoms. The summed E-state index contributed by atoms with van der Waals surface area (Å²) in [6.45, 7) is 12.2. The van der Waals surface area contributed by atoms with Gasteiger partial charge in [0.15, 0.2) is 0 Å². The van der Waals surface area contributed by atoms with E-state index in [9.17, 15) is 9.59 Å². The predicted molar refractivity (Wildman–Crippen MR) is 144 cm³/mol. The van der Waals surface area contributed by atoms with Crippen LogP contribution in [0.4, 0.5) is 16.0 Å². The van der Waals surface area contributed by atoms with Crippen molar-refractivity contribution in [2.24, 2.45) is 5.92 Å². The first-order valence-corrected chi connectivity index (χ1v) is 14.0. The van der Waals surface area contributed by atoms with Crippen LogP contribution >= 0.6 is 11.3 Å². The average Bonchev–Trinajstić information content (AvgIpc) is 3.55. The normalized spacial score (nSPS) is 21.3. The predicted octanol–water partition coefficient (Wildman–Crippen LogP) is 2.44. The smallest absolute Gasteiger partial charge is 0.228 e. The molecule has 3 aliphatic heterocycles. The summed E-state index contributed by atoms with van der Waals surface area (Å²) < 4.78 is 0. The van der Waals surface area contributed by atoms with Crippen LogP contribution in [0.5, 0.6) is 0 Å². The van der Waals surface area contributed by atoms with Gasteiger partial charge >= 0.3 is 0 Å². The lowest BCUT2D eigenvalue weighted by Gasteiger charge is -2.37. The van der Waals surface area contributed by atoms with E-state index in [2.05, 4.69) is 62.3 Å². The van der Waals surface area contributed by atoms with Crippen LogP contribution in [0.15, 0.2) is 18.2 Å². The molecule has 5 rings (SSSR count). The Labute approximate surface area is 217 Å². The van der Waals surface area contributed by atoms with Crippen LogP contribution in [0.3, 0.4) is 0 Å². The Kier molecular flexibility index (Phi) is 7.71. The zero-order chi connectivity index (χ0) is 25.1. The highest BCUT2D eigenvalue weighted by Crippen LogP contribution is 2.32. The first-order chi connectivity index (χ1) is 17.5. The van der Waals surface area contributed by atoms with E-state index in [1.54, 1.807) is 4.90 Å². The quantitative estimate of drug-likeness (QED) is 0.611. The number of carbonyl (C=O) groups excluding carboxylic acids is 2. The fourth-order valence-electron chi connectivity index (χ4n) is 5.43. The Morgan fingerprint density at radius 1 is 1.03 bits per heavy atom. The number of nitrogens with one attached hydrogen (secondary N) is 1. The summed E-state index contributed by atoms with van der Waals surface area (Å²) in [5.41, 5.74) is 4.06. The van der Waals surface area contributed by atoms with Gasteiger partial charge in [-0.2, -0.15) is 0 Å². The first kappa shape index (κ1) is 25.0. The number of carbonyl (C=O) groups is 2. The summed E-state index contributed by atoms with van der Waals surface area (Å²) in [7, 11) is 0. The highest BCUT2D eigenvalue weighted by atomic mass is 32.1. The zero-order valence-corrected chi connectivity index (χ0v) is 22.2. The van der Waals surface area contributed by atoms with Crippen molar-refractivity contribution in [1.29, 1.82) is 0 Å². The minimum Gasteiger partial charge on any atom is -0.369 e. The zero-order valence-electron chi connectivity index (χ0n) is 21.4. The lowest BCUT2D eigenvalue weighted by Crippen LogP contribution is -2.49. The van der Waals surface area contributed by atoms with E-state index in [0.717, 1.165) is 70.2 Å². The molecule has 3 fully saturated rings. The van der Waals surface area contributed by atoms with Gasteiger partial charge in [-0.05, 0) is 50.3 Å². The van der Waals surface area contributed by atoms with Crippen molar-refractivity contribution in [2.75, 3.05) is 73.6 Å². The summed E-state index contributed by atoms with van der Waals surface area (Å²) in [4.78, 5) is 33.8. The molecule has 2 amide bonds. The lowest BCUT2D eigenvalue weighted by molar-refractivity contribution is -0.125. The van der Waals surface area contributed by atoms with Crippen LogP contribution in [0.25, 0.3) is 0 Å². The van der Waals surface area contributed by atoms with Gasteiger partial charge in [-0.25, -0.2) is 0 Å². The molecule has 0 saturated carbocycles. The Balaban J connectivity index is 1.06. The Bertz CT molecular complexity index is 1080. The largest absolute Gasteiger partial charge is 0.369 e. The number of aromatic nitrogens is 2. The molecule has 1 aromatic heterocycles. The third-order valence-corrected chi connectivity index (χ3v) is 8.79. The topological polar surface area (TPSA) is 84.9 Å². The number of hydrogen-bond donors (Lipinski definition) is 1. The molecule has 1 N–H and O–H groups in total. The Morgan fingerprint density at radius 3 is 2.61 bits per heavy atom. The molecule has 9 nitrogen and oxygen atoms in total. The molecule has 3 aliphatic rings. The standard InChI is InChI=1S/C26H37N7O2S/c1-19-6-3-8-22(20(19)2)31-16-14-30(15-17-31)13-10-27-24(35)21-7-4-11-32(18-21)25-28-29-26(36-25)33-12-5-9-23(33)34/h3,6,8,21H,4-5,7,9-18H2,1-2H3,(H,27,35)/t21-/m0/s1. The highest BCUT2D eigenvalue weighted by molar-refractivity contribution is 7.19. The summed E-state index contributed by atoms with van der Waals surface area (Å²) in [5, 5.41) is 13.3. The molecule has 0 spiro atoms. The Morgan fingerprint density at radius 2 is 1.83 bits per heavy atom. The summed E-state index contributed by atoms with van der Waals surface area (Å²) in [6, 6.07) is 6.54. The Hall–Kier alpha value is -2.72. The second-order valence-corrected chi connectivity index (χ2v) is 11.1. The summed E-state index contributed by atoms with van der Waals surface area (Å²) >= 11 is 1.46. The molecule has 10 heteroatoms. The lowest BCUT2D eigenvalue weighted by atomic mass is 9.97. The molecule has 2 aromatic rings. The van der Waals surface area contributed by atoms with E-state index in [-0.39, 0.29) is 17.7 Å². The first-order valence-electron chi connectivity index (χ1n) is 13.2. The van der Waals surface area contributed by atoms with Crippen LogP contribution in [-0.4, -0.2) is 85.8 Å². The third kappa shape index (κ3) is 5.49. The van der Waals surface area contributed by atoms with E-state index in [0.29, 0.717) is 24.6 Å². The van der Waals surface area contributed by atoms with Gasteiger partial charge in [0.05, 0.1) is 5.92 Å². The van der Waals surface area contributed by atoms with Crippen molar-refractivity contribution >= 4 is 39.1 Å². The van der Waals surface area contributed by atoms with Gasteiger partial charge in [-0.15, -0.1) is 10.2 Å². The number of hydrogen-bond acceptors (Lipinski definition) is 8. The van der Waals surface area contributed by atoms with E-state index in [4.69, 9.17) is 0 Å². The van der Waals surface area contributed by atoms with Crippen molar-refractivity contribution in [3.05, 3.63) is 29.3 Å².